The number of amides is 2. The van der Waals surface area contributed by atoms with Crippen molar-refractivity contribution in [2.75, 3.05) is 13.2 Å². The Balaban J connectivity index is 1.51. The average Bonchev–Trinajstić information content (AvgIpc) is 3.83. The first-order valence-corrected chi connectivity index (χ1v) is 15.4. The number of unbranched alkanes of at least 4 members (excludes halogenated alkanes) is 2. The van der Waals surface area contributed by atoms with Gasteiger partial charge in [-0.05, 0) is 101 Å². The molecule has 3 aromatic rings. The molecule has 2 amide bonds. The molecule has 7 heteroatoms. The number of hydrogen-bond acceptors (Lipinski definition) is 5. The molecule has 0 spiro atoms. The van der Waals surface area contributed by atoms with Crippen LogP contribution in [0.25, 0.3) is 11.1 Å². The number of rotatable bonds is 14. The van der Waals surface area contributed by atoms with Gasteiger partial charge in [0, 0.05) is 23.1 Å². The van der Waals surface area contributed by atoms with E-state index >= 15 is 0 Å². The van der Waals surface area contributed by atoms with Crippen LogP contribution in [0.4, 0.5) is 0 Å². The maximum atomic E-state index is 13.7. The van der Waals surface area contributed by atoms with Gasteiger partial charge in [-0.3, -0.25) is 14.4 Å². The van der Waals surface area contributed by atoms with E-state index in [0.717, 1.165) is 43.2 Å². The summed E-state index contributed by atoms with van der Waals surface area (Å²) in [5.41, 5.74) is 4.06. The van der Waals surface area contributed by atoms with Crippen molar-refractivity contribution in [3.63, 3.8) is 0 Å². The highest BCUT2D eigenvalue weighted by atomic mass is 16.5. The van der Waals surface area contributed by atoms with Crippen molar-refractivity contribution < 1.29 is 23.9 Å². The fourth-order valence-electron chi connectivity index (χ4n) is 5.07. The van der Waals surface area contributed by atoms with Crippen LogP contribution >= 0.6 is 0 Å². The van der Waals surface area contributed by atoms with Crippen molar-refractivity contribution in [2.24, 2.45) is 0 Å². The monoisotopic (exact) mass is 584 g/mol. The highest BCUT2D eigenvalue weighted by molar-refractivity contribution is 5.99. The van der Waals surface area contributed by atoms with Crippen molar-refractivity contribution in [3.05, 3.63) is 89.5 Å². The van der Waals surface area contributed by atoms with Gasteiger partial charge < -0.3 is 20.1 Å². The van der Waals surface area contributed by atoms with Gasteiger partial charge >= 0.3 is 5.97 Å². The van der Waals surface area contributed by atoms with E-state index in [2.05, 4.69) is 22.8 Å². The Bertz CT molecular complexity index is 1390. The van der Waals surface area contributed by atoms with Gasteiger partial charge in [0.1, 0.15) is 11.8 Å². The zero-order valence-electron chi connectivity index (χ0n) is 25.8. The number of benzene rings is 3. The van der Waals surface area contributed by atoms with Gasteiger partial charge in [-0.2, -0.15) is 0 Å². The Labute approximate surface area is 255 Å². The summed E-state index contributed by atoms with van der Waals surface area (Å²) in [5, 5.41) is 6.03. The molecule has 0 saturated heterocycles. The van der Waals surface area contributed by atoms with Crippen LogP contribution in [0.5, 0.6) is 5.75 Å². The van der Waals surface area contributed by atoms with Crippen LogP contribution in [0.2, 0.25) is 0 Å². The zero-order valence-corrected chi connectivity index (χ0v) is 25.8. The van der Waals surface area contributed by atoms with E-state index in [0.29, 0.717) is 42.4 Å². The third-order valence-corrected chi connectivity index (χ3v) is 7.27. The molecule has 2 N–H and O–H groups in total. The molecule has 1 aliphatic carbocycles. The van der Waals surface area contributed by atoms with E-state index in [1.165, 1.54) is 5.56 Å². The molecule has 3 aromatic carbocycles. The Morgan fingerprint density at radius 2 is 1.63 bits per heavy atom. The highest BCUT2D eigenvalue weighted by Gasteiger charge is 2.31. The molecule has 43 heavy (non-hydrogen) atoms. The number of esters is 1. The lowest BCUT2D eigenvalue weighted by Crippen LogP contribution is -2.47. The van der Waals surface area contributed by atoms with E-state index in [1.807, 2.05) is 81.4 Å². The van der Waals surface area contributed by atoms with E-state index in [4.69, 9.17) is 9.47 Å². The summed E-state index contributed by atoms with van der Waals surface area (Å²) in [6.07, 6.45) is 4.89. The van der Waals surface area contributed by atoms with Crippen molar-refractivity contribution in [3.8, 4) is 16.9 Å². The Kier molecular flexibility index (Phi) is 11.0. The molecule has 4 rings (SSSR count). The first-order valence-electron chi connectivity index (χ1n) is 15.4. The summed E-state index contributed by atoms with van der Waals surface area (Å²) in [6, 6.07) is 22.4. The Morgan fingerprint density at radius 3 is 2.33 bits per heavy atom. The van der Waals surface area contributed by atoms with Crippen molar-refractivity contribution in [2.45, 2.75) is 83.7 Å². The minimum absolute atomic E-state index is 0.184. The van der Waals surface area contributed by atoms with Gasteiger partial charge in [0.2, 0.25) is 5.91 Å². The number of ether oxygens (including phenoxy) is 2. The molecule has 1 saturated carbocycles. The lowest BCUT2D eigenvalue weighted by Gasteiger charge is -2.27. The third kappa shape index (κ3) is 9.43. The van der Waals surface area contributed by atoms with Crippen LogP contribution in [0.1, 0.15) is 99.7 Å². The molecule has 7 nitrogen and oxygen atoms in total. The largest absolute Gasteiger partial charge is 0.493 e. The molecule has 0 radical (unpaired) electrons. The molecule has 0 bridgehead atoms. The van der Waals surface area contributed by atoms with E-state index in [1.54, 1.807) is 6.92 Å². The SMILES string of the molecule is CCOC(=O)CCCCCOc1ccccc1C(NC(=O)c1ccc(-c2ccccc2)c(C2CC2)c1)C(=O)NC(C)(C)C. The van der Waals surface area contributed by atoms with Gasteiger partial charge in [-0.15, -0.1) is 0 Å². The van der Waals surface area contributed by atoms with Crippen LogP contribution in [0.3, 0.4) is 0 Å². The van der Waals surface area contributed by atoms with E-state index in [-0.39, 0.29) is 17.8 Å². The quantitative estimate of drug-likeness (QED) is 0.155. The van der Waals surface area contributed by atoms with Gasteiger partial charge in [-0.25, -0.2) is 0 Å². The fraction of sp³-hybridized carbons (Fsp3) is 0.417. The lowest BCUT2D eigenvalue weighted by atomic mass is 9.94. The smallest absolute Gasteiger partial charge is 0.305 e. The van der Waals surface area contributed by atoms with Crippen LogP contribution in [-0.4, -0.2) is 36.5 Å². The standard InChI is InChI=1S/C36H44N2O5/c1-5-42-32(39)18-10-7-13-23-43-31-17-12-11-16-29(31)33(35(41)38-36(2,3)4)37-34(40)27-21-22-28(25-14-8-6-9-15-25)30(24-27)26-19-20-26/h6,8-9,11-12,14-17,21-22,24,26,33H,5,7,10,13,18-20,23H2,1-4H3,(H,37,40)(H,38,41). The molecular formula is C36H44N2O5. The number of para-hydroxylation sites is 1. The van der Waals surface area contributed by atoms with E-state index in [9.17, 15) is 14.4 Å². The Morgan fingerprint density at radius 1 is 0.907 bits per heavy atom. The molecule has 1 unspecified atom stereocenters. The predicted octanol–water partition coefficient (Wildman–Crippen LogP) is 7.12. The number of hydrogen-bond donors (Lipinski definition) is 2. The molecular weight excluding hydrogens is 540 g/mol. The summed E-state index contributed by atoms with van der Waals surface area (Å²) >= 11 is 0. The third-order valence-electron chi connectivity index (χ3n) is 7.27. The van der Waals surface area contributed by atoms with Gasteiger partial charge in [0.25, 0.3) is 5.91 Å². The zero-order chi connectivity index (χ0) is 30.8. The maximum Gasteiger partial charge on any atom is 0.305 e. The second kappa shape index (κ2) is 14.9. The normalized spacial score (nSPS) is 13.6. The molecule has 1 fully saturated rings. The first-order chi connectivity index (χ1) is 20.7. The maximum absolute atomic E-state index is 13.7. The molecule has 1 atom stereocenters. The predicted molar refractivity (Wildman–Crippen MR) is 169 cm³/mol. The Hall–Kier alpha value is -4.13. The second-order valence-corrected chi connectivity index (χ2v) is 12.1. The summed E-state index contributed by atoms with van der Waals surface area (Å²) in [5.74, 6) is 0.171. The molecule has 1 aliphatic rings. The summed E-state index contributed by atoms with van der Waals surface area (Å²) in [7, 11) is 0. The summed E-state index contributed by atoms with van der Waals surface area (Å²) in [4.78, 5) is 38.9. The van der Waals surface area contributed by atoms with Crippen molar-refractivity contribution >= 4 is 17.8 Å². The summed E-state index contributed by atoms with van der Waals surface area (Å²) < 4.78 is 11.1. The molecule has 0 heterocycles. The summed E-state index contributed by atoms with van der Waals surface area (Å²) in [6.45, 7) is 8.34. The number of carbonyl (C=O) groups excluding carboxylic acids is 3. The van der Waals surface area contributed by atoms with Crippen LogP contribution < -0.4 is 15.4 Å². The van der Waals surface area contributed by atoms with Crippen LogP contribution in [-0.2, 0) is 14.3 Å². The van der Waals surface area contributed by atoms with Crippen molar-refractivity contribution in [1.82, 2.24) is 10.6 Å². The number of carbonyl (C=O) groups is 3. The second-order valence-electron chi connectivity index (χ2n) is 12.1. The van der Waals surface area contributed by atoms with E-state index < -0.39 is 11.6 Å². The molecule has 228 valence electrons. The molecule has 0 aromatic heterocycles. The van der Waals surface area contributed by atoms with Crippen LogP contribution in [0, 0.1) is 0 Å². The van der Waals surface area contributed by atoms with Gasteiger partial charge in [-0.1, -0.05) is 54.6 Å². The minimum Gasteiger partial charge on any atom is -0.493 e. The van der Waals surface area contributed by atoms with Gasteiger partial charge in [0.15, 0.2) is 0 Å². The fourth-order valence-corrected chi connectivity index (χ4v) is 5.07. The first kappa shape index (κ1) is 31.8. The number of nitrogens with one attached hydrogen (secondary N) is 2. The van der Waals surface area contributed by atoms with Crippen LogP contribution in [0.15, 0.2) is 72.8 Å². The lowest BCUT2D eigenvalue weighted by molar-refractivity contribution is -0.143. The minimum atomic E-state index is -0.954. The average molecular weight is 585 g/mol. The van der Waals surface area contributed by atoms with Crippen molar-refractivity contribution in [1.29, 1.82) is 0 Å². The molecule has 0 aliphatic heterocycles. The topological polar surface area (TPSA) is 93.7 Å². The van der Waals surface area contributed by atoms with Gasteiger partial charge in [0.05, 0.1) is 13.2 Å². The highest BCUT2D eigenvalue weighted by Crippen LogP contribution is 2.44.